The van der Waals surface area contributed by atoms with Crippen molar-refractivity contribution in [2.24, 2.45) is 0 Å². The van der Waals surface area contributed by atoms with Crippen LogP contribution in [0, 0.1) is 0 Å². The van der Waals surface area contributed by atoms with Crippen LogP contribution in [0.15, 0.2) is 5.38 Å². The molecule has 1 aromatic heterocycles. The van der Waals surface area contributed by atoms with E-state index in [0.717, 1.165) is 31.6 Å². The van der Waals surface area contributed by atoms with Gasteiger partial charge in [-0.05, 0) is 19.9 Å². The Bertz CT molecular complexity index is 440. The van der Waals surface area contributed by atoms with Gasteiger partial charge in [0.25, 0.3) is 0 Å². The molecule has 0 aliphatic carbocycles. The van der Waals surface area contributed by atoms with Gasteiger partial charge in [-0.3, -0.25) is 0 Å². The zero-order chi connectivity index (χ0) is 12.9. The number of nitrogens with one attached hydrogen (secondary N) is 1. The summed E-state index contributed by atoms with van der Waals surface area (Å²) in [7, 11) is -3.04. The summed E-state index contributed by atoms with van der Waals surface area (Å²) in [6, 6.07) is 0. The molecule has 1 heterocycles. The maximum absolute atomic E-state index is 11.4. The molecule has 98 valence electrons. The van der Waals surface area contributed by atoms with Gasteiger partial charge in [-0.2, -0.15) is 0 Å². The number of hydrogen-bond donors (Lipinski definition) is 1. The Hall–Kier alpha value is -0.460. The molecule has 0 spiro atoms. The van der Waals surface area contributed by atoms with Crippen LogP contribution >= 0.6 is 11.3 Å². The SMILES string of the molecule is CCCNCCc1csc(C(C)S(C)(=O)=O)n1. The largest absolute Gasteiger partial charge is 0.316 e. The molecule has 0 saturated carbocycles. The number of aromatic nitrogens is 1. The molecule has 1 aromatic rings. The molecule has 0 amide bonds. The van der Waals surface area contributed by atoms with E-state index in [0.29, 0.717) is 5.01 Å². The monoisotopic (exact) mass is 276 g/mol. The number of rotatable bonds is 7. The fourth-order valence-electron chi connectivity index (χ4n) is 1.33. The highest BCUT2D eigenvalue weighted by Gasteiger charge is 2.20. The predicted molar refractivity (Wildman–Crippen MR) is 72.2 cm³/mol. The second-order valence-electron chi connectivity index (χ2n) is 4.15. The number of thiazole rings is 1. The summed E-state index contributed by atoms with van der Waals surface area (Å²) in [4.78, 5) is 4.37. The molecule has 0 aromatic carbocycles. The molecule has 0 aliphatic rings. The van der Waals surface area contributed by atoms with E-state index in [1.165, 1.54) is 17.6 Å². The van der Waals surface area contributed by atoms with Crippen LogP contribution in [0.4, 0.5) is 0 Å². The van der Waals surface area contributed by atoms with Crippen LogP contribution in [0.5, 0.6) is 0 Å². The molecular weight excluding hydrogens is 256 g/mol. The molecule has 1 N–H and O–H groups in total. The topological polar surface area (TPSA) is 59.1 Å². The van der Waals surface area contributed by atoms with Crippen LogP contribution in [0.3, 0.4) is 0 Å². The van der Waals surface area contributed by atoms with Crippen LogP contribution in [-0.4, -0.2) is 32.7 Å². The fraction of sp³-hybridized carbons (Fsp3) is 0.727. The summed E-state index contributed by atoms with van der Waals surface area (Å²) in [5.74, 6) is 0. The van der Waals surface area contributed by atoms with Gasteiger partial charge in [-0.25, -0.2) is 13.4 Å². The number of hydrogen-bond acceptors (Lipinski definition) is 5. The van der Waals surface area contributed by atoms with Crippen molar-refractivity contribution in [2.75, 3.05) is 19.3 Å². The van der Waals surface area contributed by atoms with Crippen molar-refractivity contribution in [3.8, 4) is 0 Å². The van der Waals surface area contributed by atoms with E-state index in [4.69, 9.17) is 0 Å². The molecule has 6 heteroatoms. The van der Waals surface area contributed by atoms with Gasteiger partial charge in [0.1, 0.15) is 10.3 Å². The van der Waals surface area contributed by atoms with E-state index in [-0.39, 0.29) is 0 Å². The lowest BCUT2D eigenvalue weighted by atomic mass is 10.3. The lowest BCUT2D eigenvalue weighted by molar-refractivity contribution is 0.592. The number of nitrogens with zero attached hydrogens (tertiary/aromatic N) is 1. The summed E-state index contributed by atoms with van der Waals surface area (Å²) in [6.07, 6.45) is 3.22. The smallest absolute Gasteiger partial charge is 0.156 e. The Morgan fingerprint density at radius 3 is 2.76 bits per heavy atom. The normalized spacial score (nSPS) is 13.8. The third-order valence-corrected chi connectivity index (χ3v) is 5.28. The van der Waals surface area contributed by atoms with Crippen molar-refractivity contribution < 1.29 is 8.42 Å². The van der Waals surface area contributed by atoms with Crippen LogP contribution in [0.2, 0.25) is 0 Å². The highest BCUT2D eigenvalue weighted by molar-refractivity contribution is 7.91. The standard InChI is InChI=1S/C11H20N2O2S2/c1-4-6-12-7-5-10-8-16-11(13-10)9(2)17(3,14)15/h8-9,12H,4-7H2,1-3H3. The Kier molecular flexibility index (Phi) is 5.55. The highest BCUT2D eigenvalue weighted by Crippen LogP contribution is 2.24. The fourth-order valence-corrected chi connectivity index (χ4v) is 3.22. The molecule has 0 saturated heterocycles. The minimum Gasteiger partial charge on any atom is -0.316 e. The van der Waals surface area contributed by atoms with Gasteiger partial charge in [-0.1, -0.05) is 6.92 Å². The zero-order valence-electron chi connectivity index (χ0n) is 10.6. The Labute approximate surface area is 107 Å². The highest BCUT2D eigenvalue weighted by atomic mass is 32.2. The molecule has 17 heavy (non-hydrogen) atoms. The van der Waals surface area contributed by atoms with E-state index in [1.807, 2.05) is 5.38 Å². The molecule has 0 bridgehead atoms. The first-order valence-corrected chi connectivity index (χ1v) is 8.62. The van der Waals surface area contributed by atoms with Crippen LogP contribution in [0.25, 0.3) is 0 Å². The second kappa shape index (κ2) is 6.47. The third kappa shape index (κ3) is 4.73. The van der Waals surface area contributed by atoms with Crippen molar-refractivity contribution in [1.82, 2.24) is 10.3 Å². The van der Waals surface area contributed by atoms with Crippen LogP contribution in [-0.2, 0) is 16.3 Å². The van der Waals surface area contributed by atoms with Gasteiger partial charge in [0, 0.05) is 24.6 Å². The first-order valence-electron chi connectivity index (χ1n) is 5.79. The lowest BCUT2D eigenvalue weighted by Crippen LogP contribution is -2.18. The maximum Gasteiger partial charge on any atom is 0.156 e. The minimum atomic E-state index is -3.04. The molecule has 1 unspecified atom stereocenters. The van der Waals surface area contributed by atoms with E-state index in [1.54, 1.807) is 6.92 Å². The average molecular weight is 276 g/mol. The van der Waals surface area contributed by atoms with Gasteiger partial charge in [0.2, 0.25) is 0 Å². The van der Waals surface area contributed by atoms with Gasteiger partial charge < -0.3 is 5.32 Å². The maximum atomic E-state index is 11.4. The van der Waals surface area contributed by atoms with Crippen molar-refractivity contribution in [1.29, 1.82) is 0 Å². The number of sulfone groups is 1. The summed E-state index contributed by atoms with van der Waals surface area (Å²) < 4.78 is 22.8. The minimum absolute atomic E-state index is 0.496. The van der Waals surface area contributed by atoms with Crippen molar-refractivity contribution in [3.05, 3.63) is 16.1 Å². The van der Waals surface area contributed by atoms with E-state index in [2.05, 4.69) is 17.2 Å². The summed E-state index contributed by atoms with van der Waals surface area (Å²) >= 11 is 1.43. The quantitative estimate of drug-likeness (QED) is 0.771. The van der Waals surface area contributed by atoms with Crippen molar-refractivity contribution in [3.63, 3.8) is 0 Å². The third-order valence-electron chi connectivity index (χ3n) is 2.54. The van der Waals surface area contributed by atoms with Crippen LogP contribution < -0.4 is 5.32 Å². The van der Waals surface area contributed by atoms with Crippen LogP contribution in [0.1, 0.15) is 36.2 Å². The van der Waals surface area contributed by atoms with E-state index < -0.39 is 15.1 Å². The van der Waals surface area contributed by atoms with Gasteiger partial charge >= 0.3 is 0 Å². The Balaban J connectivity index is 2.54. The molecule has 1 atom stereocenters. The van der Waals surface area contributed by atoms with Gasteiger partial charge in [0.05, 0.1) is 5.69 Å². The molecule has 0 radical (unpaired) electrons. The summed E-state index contributed by atoms with van der Waals surface area (Å²) in [5.41, 5.74) is 0.976. The zero-order valence-corrected chi connectivity index (χ0v) is 12.2. The molecule has 0 aliphatic heterocycles. The van der Waals surface area contributed by atoms with E-state index in [9.17, 15) is 8.42 Å². The van der Waals surface area contributed by atoms with E-state index >= 15 is 0 Å². The first kappa shape index (κ1) is 14.6. The molecule has 4 nitrogen and oxygen atoms in total. The van der Waals surface area contributed by atoms with Gasteiger partial charge in [-0.15, -0.1) is 11.3 Å². The summed E-state index contributed by atoms with van der Waals surface area (Å²) in [6.45, 7) is 5.72. The van der Waals surface area contributed by atoms with Crippen molar-refractivity contribution >= 4 is 21.2 Å². The predicted octanol–water partition coefficient (Wildman–Crippen LogP) is 1.79. The molecular formula is C11H20N2O2S2. The van der Waals surface area contributed by atoms with Crippen molar-refractivity contribution in [2.45, 2.75) is 31.9 Å². The van der Waals surface area contributed by atoms with Gasteiger partial charge in [0.15, 0.2) is 9.84 Å². The Morgan fingerprint density at radius 2 is 2.18 bits per heavy atom. The average Bonchev–Trinajstić information content (AvgIpc) is 2.70. The summed E-state index contributed by atoms with van der Waals surface area (Å²) in [5, 5.41) is 5.44. The second-order valence-corrected chi connectivity index (χ2v) is 7.40. The lowest BCUT2D eigenvalue weighted by Gasteiger charge is -2.04. The molecule has 0 fully saturated rings. The Morgan fingerprint density at radius 1 is 1.47 bits per heavy atom. The molecule has 1 rings (SSSR count). The first-order chi connectivity index (χ1) is 7.95.